The Balaban J connectivity index is 1.75. The second-order valence-electron chi connectivity index (χ2n) is 8.30. The van der Waals surface area contributed by atoms with E-state index in [2.05, 4.69) is 0 Å². The molecule has 1 aliphatic rings. The third kappa shape index (κ3) is 5.27. The van der Waals surface area contributed by atoms with Crippen molar-refractivity contribution in [2.45, 2.75) is 44.1 Å². The van der Waals surface area contributed by atoms with Crippen LogP contribution in [0.3, 0.4) is 0 Å². The van der Waals surface area contributed by atoms with Gasteiger partial charge in [-0.3, -0.25) is 9.59 Å². The Morgan fingerprint density at radius 3 is 1.54 bits per heavy atom. The lowest BCUT2D eigenvalue weighted by atomic mass is 9.80. The van der Waals surface area contributed by atoms with Gasteiger partial charge in [0.15, 0.2) is 18.5 Å². The average Bonchev–Trinajstić information content (AvgIpc) is 3.14. The van der Waals surface area contributed by atoms with Crippen LogP contribution in [0.2, 0.25) is 0 Å². The van der Waals surface area contributed by atoms with Crippen LogP contribution in [0.25, 0.3) is 0 Å². The molecule has 3 aromatic carbocycles. The largest absolute Gasteiger partial charge is 0.455 e. The van der Waals surface area contributed by atoms with Crippen LogP contribution in [0.1, 0.15) is 30.5 Å². The number of rotatable bonds is 8. The first-order valence-corrected chi connectivity index (χ1v) is 11.4. The number of hydrogen-bond donors (Lipinski definition) is 1. The molecule has 1 heterocycles. The van der Waals surface area contributed by atoms with E-state index in [1.54, 1.807) is 0 Å². The number of esters is 2. The number of carbonyl (C=O) groups excluding carboxylic acids is 2. The summed E-state index contributed by atoms with van der Waals surface area (Å²) in [6.45, 7) is 2.40. The topological polar surface area (TPSA) is 91.3 Å². The molecule has 35 heavy (non-hydrogen) atoms. The van der Waals surface area contributed by atoms with Crippen LogP contribution in [0.15, 0.2) is 91.0 Å². The van der Waals surface area contributed by atoms with Crippen molar-refractivity contribution >= 4 is 11.9 Å². The van der Waals surface area contributed by atoms with E-state index in [4.69, 9.17) is 18.9 Å². The van der Waals surface area contributed by atoms with Gasteiger partial charge in [0.2, 0.25) is 0 Å². The maximum absolute atomic E-state index is 11.8. The Hall–Kier alpha value is -3.52. The molecular weight excluding hydrogens is 448 g/mol. The molecule has 1 aliphatic heterocycles. The molecule has 182 valence electrons. The maximum atomic E-state index is 11.8. The highest BCUT2D eigenvalue weighted by molar-refractivity contribution is 5.67. The number of aliphatic hydroxyl groups is 1. The first-order chi connectivity index (χ1) is 16.9. The zero-order valence-corrected chi connectivity index (χ0v) is 19.6. The van der Waals surface area contributed by atoms with Crippen LogP contribution in [0.5, 0.6) is 0 Å². The summed E-state index contributed by atoms with van der Waals surface area (Å²) in [5.41, 5.74) is 1.63. The summed E-state index contributed by atoms with van der Waals surface area (Å²) in [5.74, 6) is -1.21. The standard InChI is InChI=1S/C28H28O7/c1-19(29)33-25-24(35-27(31)26(25)34-20(2)30)18-32-28(21-12-6-3-7-13-21,22-14-8-4-9-15-22)23-16-10-5-11-17-23/h3-17,24-27,31H,18H2,1-2H3/t24-,25-,26-,27?/m1/s1. The molecule has 0 aromatic heterocycles. The van der Waals surface area contributed by atoms with Gasteiger partial charge in [-0.05, 0) is 16.7 Å². The van der Waals surface area contributed by atoms with Crippen molar-refractivity contribution in [1.82, 2.24) is 0 Å². The highest BCUT2D eigenvalue weighted by atomic mass is 16.7. The monoisotopic (exact) mass is 476 g/mol. The second-order valence-corrected chi connectivity index (χ2v) is 8.30. The van der Waals surface area contributed by atoms with Gasteiger partial charge in [-0.1, -0.05) is 91.0 Å². The fraction of sp³-hybridized carbons (Fsp3) is 0.286. The molecule has 1 saturated heterocycles. The quantitative estimate of drug-likeness (QED) is 0.393. The Morgan fingerprint density at radius 1 is 0.743 bits per heavy atom. The molecule has 3 aromatic rings. The predicted octanol–water partition coefficient (Wildman–Crippen LogP) is 3.58. The van der Waals surface area contributed by atoms with Crippen LogP contribution in [-0.4, -0.2) is 48.3 Å². The molecule has 0 saturated carbocycles. The van der Waals surface area contributed by atoms with Crippen molar-refractivity contribution in [3.8, 4) is 0 Å². The summed E-state index contributed by atoms with van der Waals surface area (Å²) in [6, 6.07) is 29.3. The zero-order chi connectivity index (χ0) is 24.8. The summed E-state index contributed by atoms with van der Waals surface area (Å²) in [4.78, 5) is 23.4. The fourth-order valence-electron chi connectivity index (χ4n) is 4.47. The highest BCUT2D eigenvalue weighted by Crippen LogP contribution is 2.41. The molecule has 0 bridgehead atoms. The van der Waals surface area contributed by atoms with Gasteiger partial charge in [0, 0.05) is 13.8 Å². The van der Waals surface area contributed by atoms with Gasteiger partial charge >= 0.3 is 11.9 Å². The Labute approximate surface area is 204 Å². The van der Waals surface area contributed by atoms with Gasteiger partial charge in [-0.2, -0.15) is 0 Å². The first kappa shape index (κ1) is 24.6. The molecule has 4 atom stereocenters. The van der Waals surface area contributed by atoms with Crippen molar-refractivity contribution < 1.29 is 33.6 Å². The van der Waals surface area contributed by atoms with E-state index >= 15 is 0 Å². The maximum Gasteiger partial charge on any atom is 0.303 e. The highest BCUT2D eigenvalue weighted by Gasteiger charge is 2.50. The molecule has 4 rings (SSSR count). The van der Waals surface area contributed by atoms with Gasteiger partial charge in [-0.15, -0.1) is 0 Å². The van der Waals surface area contributed by atoms with Crippen LogP contribution in [0.4, 0.5) is 0 Å². The number of hydrogen-bond acceptors (Lipinski definition) is 7. The van der Waals surface area contributed by atoms with Gasteiger partial charge in [0.1, 0.15) is 11.7 Å². The van der Waals surface area contributed by atoms with Gasteiger partial charge in [0.25, 0.3) is 0 Å². The predicted molar refractivity (Wildman–Crippen MR) is 127 cm³/mol. The van der Waals surface area contributed by atoms with Crippen LogP contribution >= 0.6 is 0 Å². The van der Waals surface area contributed by atoms with Crippen LogP contribution in [-0.2, 0) is 34.1 Å². The Kier molecular flexibility index (Phi) is 7.60. The number of aliphatic hydroxyl groups excluding tert-OH is 1. The molecule has 0 radical (unpaired) electrons. The third-order valence-electron chi connectivity index (χ3n) is 5.89. The summed E-state index contributed by atoms with van der Waals surface area (Å²) in [6.07, 6.45) is -4.54. The van der Waals surface area contributed by atoms with Crippen molar-refractivity contribution in [2.75, 3.05) is 6.61 Å². The molecule has 0 amide bonds. The lowest BCUT2D eigenvalue weighted by Crippen LogP contribution is -2.43. The minimum atomic E-state index is -1.46. The molecule has 1 fully saturated rings. The normalized spacial score (nSPS) is 21.9. The van der Waals surface area contributed by atoms with Crippen molar-refractivity contribution in [3.63, 3.8) is 0 Å². The molecule has 0 spiro atoms. The molecule has 7 heteroatoms. The first-order valence-electron chi connectivity index (χ1n) is 11.4. The lowest BCUT2D eigenvalue weighted by molar-refractivity contribution is -0.174. The third-order valence-corrected chi connectivity index (χ3v) is 5.89. The van der Waals surface area contributed by atoms with E-state index in [1.165, 1.54) is 13.8 Å². The number of benzene rings is 3. The average molecular weight is 477 g/mol. The summed E-state index contributed by atoms with van der Waals surface area (Å²) in [7, 11) is 0. The fourth-order valence-corrected chi connectivity index (χ4v) is 4.47. The Morgan fingerprint density at radius 2 is 1.14 bits per heavy atom. The van der Waals surface area contributed by atoms with E-state index in [-0.39, 0.29) is 6.61 Å². The molecule has 7 nitrogen and oxygen atoms in total. The molecule has 0 aliphatic carbocycles. The van der Waals surface area contributed by atoms with Crippen LogP contribution < -0.4 is 0 Å². The van der Waals surface area contributed by atoms with Crippen molar-refractivity contribution in [3.05, 3.63) is 108 Å². The van der Waals surface area contributed by atoms with Gasteiger partial charge in [-0.25, -0.2) is 0 Å². The molecule has 1 N–H and O–H groups in total. The van der Waals surface area contributed by atoms with E-state index in [9.17, 15) is 14.7 Å². The molecule has 1 unspecified atom stereocenters. The second kappa shape index (κ2) is 10.8. The summed E-state index contributed by atoms with van der Waals surface area (Å²) < 4.78 is 23.0. The van der Waals surface area contributed by atoms with E-state index in [0.29, 0.717) is 0 Å². The number of carbonyl (C=O) groups is 2. The minimum Gasteiger partial charge on any atom is -0.455 e. The molecular formula is C28H28O7. The Bertz CT molecular complexity index is 1020. The van der Waals surface area contributed by atoms with Gasteiger partial charge in [0.05, 0.1) is 6.61 Å². The minimum absolute atomic E-state index is 0.0640. The lowest BCUT2D eigenvalue weighted by Gasteiger charge is -2.37. The number of ether oxygens (including phenoxy) is 4. The van der Waals surface area contributed by atoms with Gasteiger partial charge < -0.3 is 24.1 Å². The van der Waals surface area contributed by atoms with E-state index in [1.807, 2.05) is 91.0 Å². The van der Waals surface area contributed by atoms with E-state index in [0.717, 1.165) is 16.7 Å². The van der Waals surface area contributed by atoms with Crippen molar-refractivity contribution in [2.24, 2.45) is 0 Å². The SMILES string of the molecule is CC(=O)O[C@@H]1[C@@H](COC(c2ccccc2)(c2ccccc2)c2ccccc2)OC(O)[C@@H]1OC(C)=O. The van der Waals surface area contributed by atoms with Crippen molar-refractivity contribution in [1.29, 1.82) is 0 Å². The summed E-state index contributed by atoms with van der Waals surface area (Å²) in [5, 5.41) is 10.4. The summed E-state index contributed by atoms with van der Waals surface area (Å²) >= 11 is 0. The smallest absolute Gasteiger partial charge is 0.303 e. The van der Waals surface area contributed by atoms with E-state index < -0.39 is 42.1 Å². The van der Waals surface area contributed by atoms with Crippen LogP contribution in [0, 0.1) is 0 Å². The zero-order valence-electron chi connectivity index (χ0n) is 19.6.